The standard InChI is InChI=1S/C16H17ClN4O2/c17-12-3-1-4-13(9-12)21-10-14(18-19-21)15(22)20-7-2-5-16(20)6-8-23-11-16/h1,3-4,9-10H,2,5-8,11H2. The Labute approximate surface area is 139 Å². The third-order valence-electron chi connectivity index (χ3n) is 4.71. The molecule has 2 saturated heterocycles. The number of amides is 1. The number of ether oxygens (including phenoxy) is 1. The number of benzene rings is 1. The lowest BCUT2D eigenvalue weighted by Gasteiger charge is -2.33. The lowest BCUT2D eigenvalue weighted by Crippen LogP contribution is -2.48. The average Bonchev–Trinajstić information content (AvgIpc) is 3.29. The van der Waals surface area contributed by atoms with E-state index in [-0.39, 0.29) is 11.4 Å². The van der Waals surface area contributed by atoms with E-state index in [2.05, 4.69) is 10.3 Å². The molecule has 7 heteroatoms. The van der Waals surface area contributed by atoms with Gasteiger partial charge < -0.3 is 9.64 Å². The van der Waals surface area contributed by atoms with Crippen molar-refractivity contribution in [3.8, 4) is 5.69 Å². The summed E-state index contributed by atoms with van der Waals surface area (Å²) in [6.07, 6.45) is 4.58. The monoisotopic (exact) mass is 332 g/mol. The van der Waals surface area contributed by atoms with Crippen LogP contribution in [0.3, 0.4) is 0 Å². The molecule has 23 heavy (non-hydrogen) atoms. The van der Waals surface area contributed by atoms with Crippen molar-refractivity contribution in [1.29, 1.82) is 0 Å². The van der Waals surface area contributed by atoms with Crippen LogP contribution in [0.15, 0.2) is 30.5 Å². The fourth-order valence-corrected chi connectivity index (χ4v) is 3.69. The maximum Gasteiger partial charge on any atom is 0.276 e. The minimum atomic E-state index is -0.142. The molecule has 1 spiro atoms. The maximum atomic E-state index is 12.8. The molecule has 0 N–H and O–H groups in total. The van der Waals surface area contributed by atoms with Gasteiger partial charge in [-0.25, -0.2) is 4.68 Å². The number of aromatic nitrogens is 3. The van der Waals surface area contributed by atoms with Crippen LogP contribution < -0.4 is 0 Å². The largest absolute Gasteiger partial charge is 0.379 e. The highest BCUT2D eigenvalue weighted by atomic mass is 35.5. The van der Waals surface area contributed by atoms with Gasteiger partial charge in [-0.2, -0.15) is 0 Å². The number of halogens is 1. The van der Waals surface area contributed by atoms with Gasteiger partial charge in [-0.3, -0.25) is 4.79 Å². The Morgan fingerprint density at radius 2 is 2.26 bits per heavy atom. The van der Waals surface area contributed by atoms with Crippen molar-refractivity contribution in [3.63, 3.8) is 0 Å². The molecule has 0 saturated carbocycles. The van der Waals surface area contributed by atoms with Gasteiger partial charge in [0.15, 0.2) is 5.69 Å². The maximum absolute atomic E-state index is 12.8. The van der Waals surface area contributed by atoms with Crippen LogP contribution in [0.5, 0.6) is 0 Å². The van der Waals surface area contributed by atoms with Gasteiger partial charge in [-0.1, -0.05) is 22.9 Å². The smallest absolute Gasteiger partial charge is 0.276 e. The Morgan fingerprint density at radius 3 is 3.04 bits per heavy atom. The van der Waals surface area contributed by atoms with E-state index < -0.39 is 0 Å². The van der Waals surface area contributed by atoms with E-state index in [0.717, 1.165) is 38.1 Å². The molecular formula is C16H17ClN4O2. The summed E-state index contributed by atoms with van der Waals surface area (Å²) < 4.78 is 7.11. The average molecular weight is 333 g/mol. The molecule has 120 valence electrons. The van der Waals surface area contributed by atoms with Crippen LogP contribution in [0, 0.1) is 0 Å². The van der Waals surface area contributed by atoms with Crippen LogP contribution in [0.4, 0.5) is 0 Å². The Balaban J connectivity index is 1.60. The molecule has 6 nitrogen and oxygen atoms in total. The predicted molar refractivity (Wildman–Crippen MR) is 84.8 cm³/mol. The van der Waals surface area contributed by atoms with Gasteiger partial charge in [0.25, 0.3) is 5.91 Å². The molecule has 0 aliphatic carbocycles. The lowest BCUT2D eigenvalue weighted by atomic mass is 9.95. The molecule has 2 aliphatic rings. The van der Waals surface area contributed by atoms with E-state index in [1.165, 1.54) is 0 Å². The van der Waals surface area contributed by atoms with Gasteiger partial charge in [-0.05, 0) is 37.5 Å². The number of hydrogen-bond acceptors (Lipinski definition) is 4. The summed E-state index contributed by atoms with van der Waals surface area (Å²) in [6, 6.07) is 7.29. The predicted octanol–water partition coefficient (Wildman–Crippen LogP) is 2.32. The highest BCUT2D eigenvalue weighted by Crippen LogP contribution is 2.37. The molecule has 1 amide bonds. The van der Waals surface area contributed by atoms with Gasteiger partial charge >= 0.3 is 0 Å². The molecule has 0 bridgehead atoms. The Bertz CT molecular complexity index is 734. The lowest BCUT2D eigenvalue weighted by molar-refractivity contribution is 0.0544. The molecule has 1 unspecified atom stereocenters. The highest BCUT2D eigenvalue weighted by Gasteiger charge is 2.47. The van der Waals surface area contributed by atoms with Crippen LogP contribution in [-0.4, -0.2) is 51.1 Å². The van der Waals surface area contributed by atoms with Crippen molar-refractivity contribution >= 4 is 17.5 Å². The van der Waals surface area contributed by atoms with Crippen LogP contribution in [0.1, 0.15) is 29.8 Å². The van der Waals surface area contributed by atoms with Crippen LogP contribution in [-0.2, 0) is 4.74 Å². The van der Waals surface area contributed by atoms with Crippen molar-refractivity contribution in [2.24, 2.45) is 0 Å². The van der Waals surface area contributed by atoms with Crippen molar-refractivity contribution < 1.29 is 9.53 Å². The van der Waals surface area contributed by atoms with Crippen molar-refractivity contribution in [1.82, 2.24) is 19.9 Å². The first-order valence-electron chi connectivity index (χ1n) is 7.76. The molecule has 4 rings (SSSR count). The van der Waals surface area contributed by atoms with Gasteiger partial charge in [-0.15, -0.1) is 5.10 Å². The summed E-state index contributed by atoms with van der Waals surface area (Å²) in [6.45, 7) is 2.10. The number of nitrogens with zero attached hydrogens (tertiary/aromatic N) is 4. The summed E-state index contributed by atoms with van der Waals surface area (Å²) in [4.78, 5) is 14.8. The summed E-state index contributed by atoms with van der Waals surface area (Å²) in [7, 11) is 0. The van der Waals surface area contributed by atoms with Crippen molar-refractivity contribution in [2.75, 3.05) is 19.8 Å². The third kappa shape index (κ3) is 2.52. The normalized spacial score (nSPS) is 23.8. The topological polar surface area (TPSA) is 60.2 Å². The molecule has 0 radical (unpaired) electrons. The van der Waals surface area contributed by atoms with Crippen molar-refractivity contribution in [2.45, 2.75) is 24.8 Å². The summed E-state index contributed by atoms with van der Waals surface area (Å²) in [5, 5.41) is 8.74. The first-order valence-corrected chi connectivity index (χ1v) is 8.14. The Kier molecular flexibility index (Phi) is 3.58. The SMILES string of the molecule is O=C(c1cn(-c2cccc(Cl)c2)nn1)N1CCCC12CCOC2. The molecule has 1 atom stereocenters. The van der Waals surface area contributed by atoms with E-state index in [9.17, 15) is 4.79 Å². The minimum absolute atomic E-state index is 0.0683. The van der Waals surface area contributed by atoms with Gasteiger partial charge in [0, 0.05) is 18.2 Å². The molecule has 2 aliphatic heterocycles. The van der Waals surface area contributed by atoms with Crippen molar-refractivity contribution in [3.05, 3.63) is 41.2 Å². The Morgan fingerprint density at radius 1 is 1.35 bits per heavy atom. The number of carbonyl (C=O) groups is 1. The fourth-order valence-electron chi connectivity index (χ4n) is 3.51. The second-order valence-electron chi connectivity index (χ2n) is 6.12. The Hall–Kier alpha value is -1.92. The molecular weight excluding hydrogens is 316 g/mol. The minimum Gasteiger partial charge on any atom is -0.379 e. The van der Waals surface area contributed by atoms with E-state index in [4.69, 9.17) is 16.3 Å². The summed E-state index contributed by atoms with van der Waals surface area (Å²) in [5.74, 6) is -0.0683. The molecule has 1 aromatic carbocycles. The van der Waals surface area contributed by atoms with E-state index in [1.54, 1.807) is 23.0 Å². The highest BCUT2D eigenvalue weighted by molar-refractivity contribution is 6.30. The van der Waals surface area contributed by atoms with Gasteiger partial charge in [0.2, 0.25) is 0 Å². The van der Waals surface area contributed by atoms with Crippen LogP contribution in [0.2, 0.25) is 5.02 Å². The number of rotatable bonds is 2. The quantitative estimate of drug-likeness (QED) is 0.846. The van der Waals surface area contributed by atoms with E-state index in [1.807, 2.05) is 17.0 Å². The number of hydrogen-bond donors (Lipinski definition) is 0. The first kappa shape index (κ1) is 14.7. The fraction of sp³-hybridized carbons (Fsp3) is 0.438. The van der Waals surface area contributed by atoms with Gasteiger partial charge in [0.1, 0.15) is 0 Å². The first-order chi connectivity index (χ1) is 11.2. The van der Waals surface area contributed by atoms with E-state index >= 15 is 0 Å². The van der Waals surface area contributed by atoms with Gasteiger partial charge in [0.05, 0.1) is 24.0 Å². The van der Waals surface area contributed by atoms with E-state index in [0.29, 0.717) is 17.3 Å². The molecule has 1 aromatic heterocycles. The zero-order chi connectivity index (χ0) is 15.9. The second-order valence-corrected chi connectivity index (χ2v) is 6.55. The second kappa shape index (κ2) is 5.62. The summed E-state index contributed by atoms with van der Waals surface area (Å²) >= 11 is 6.00. The number of likely N-dealkylation sites (tertiary alicyclic amines) is 1. The number of carbonyl (C=O) groups excluding carboxylic acids is 1. The van der Waals surface area contributed by atoms with Crippen LogP contribution in [0.25, 0.3) is 5.69 Å². The summed E-state index contributed by atoms with van der Waals surface area (Å²) in [5.41, 5.74) is 0.999. The molecule has 3 heterocycles. The zero-order valence-electron chi connectivity index (χ0n) is 12.6. The molecule has 2 fully saturated rings. The third-order valence-corrected chi connectivity index (χ3v) is 4.94. The zero-order valence-corrected chi connectivity index (χ0v) is 13.4. The molecule has 2 aromatic rings. The van der Waals surface area contributed by atoms with Crippen LogP contribution >= 0.6 is 11.6 Å².